The summed E-state index contributed by atoms with van der Waals surface area (Å²) in [4.78, 5) is 2.32. The molecule has 33 heavy (non-hydrogen) atoms. The summed E-state index contributed by atoms with van der Waals surface area (Å²) in [5.74, 6) is -0.821. The van der Waals surface area contributed by atoms with Crippen molar-refractivity contribution in [1.29, 1.82) is 0 Å². The number of nitrogens with zero attached hydrogens (tertiary/aromatic N) is 2. The lowest BCUT2D eigenvalue weighted by molar-refractivity contribution is 0.312. The summed E-state index contributed by atoms with van der Waals surface area (Å²) in [7, 11) is 2.13. The van der Waals surface area contributed by atoms with E-state index in [1.807, 2.05) is 0 Å². The average Bonchev–Trinajstić information content (AvgIpc) is 3.21. The Hall–Kier alpha value is -3.09. The number of aryl methyl sites for hydroxylation is 1. The Kier molecular flexibility index (Phi) is 4.82. The van der Waals surface area contributed by atoms with Gasteiger partial charge in [-0.25, -0.2) is 8.78 Å². The number of halogens is 2. The lowest BCUT2D eigenvalue weighted by atomic mass is 9.89. The number of fused-ring (bicyclic) bond motifs is 3. The summed E-state index contributed by atoms with van der Waals surface area (Å²) in [6.45, 7) is 5.54. The molecule has 0 saturated heterocycles. The van der Waals surface area contributed by atoms with Gasteiger partial charge in [0.2, 0.25) is 0 Å². The van der Waals surface area contributed by atoms with Crippen molar-refractivity contribution in [3.63, 3.8) is 0 Å². The predicted molar refractivity (Wildman–Crippen MR) is 127 cm³/mol. The molecule has 4 nitrogen and oxygen atoms in total. The summed E-state index contributed by atoms with van der Waals surface area (Å²) in [6, 6.07) is 10.8. The van der Waals surface area contributed by atoms with Gasteiger partial charge in [-0.1, -0.05) is 6.07 Å². The molecule has 0 fully saturated rings. The molecule has 0 radical (unpaired) electrons. The average molecular weight is 445 g/mol. The molecule has 0 spiro atoms. The molecule has 0 bridgehead atoms. The van der Waals surface area contributed by atoms with E-state index in [2.05, 4.69) is 46.5 Å². The zero-order valence-electron chi connectivity index (χ0n) is 18.9. The molecule has 0 amide bonds. The number of hydrogen-bond acceptors (Lipinski definition) is 3. The third-order valence-corrected chi connectivity index (χ3v) is 7.17. The second kappa shape index (κ2) is 7.75. The molecule has 3 heterocycles. The van der Waals surface area contributed by atoms with Crippen LogP contribution in [-0.4, -0.2) is 35.2 Å². The van der Waals surface area contributed by atoms with Gasteiger partial charge in [0.15, 0.2) is 0 Å². The van der Waals surface area contributed by atoms with Crippen LogP contribution in [0.5, 0.6) is 0 Å². The zero-order valence-corrected chi connectivity index (χ0v) is 18.9. The Labute approximate surface area is 191 Å². The number of likely N-dealkylation sites (N-methyl/N-ethyl adjacent to an activating group) is 1. The molecular formula is C27H26F2N4. The van der Waals surface area contributed by atoms with Crippen LogP contribution in [0.1, 0.15) is 27.8 Å². The minimum atomic E-state index is -0.438. The normalized spacial score (nSPS) is 16.1. The molecule has 3 aromatic carbocycles. The second-order valence-electron chi connectivity index (χ2n) is 9.36. The first-order valence-corrected chi connectivity index (χ1v) is 11.5. The Bertz CT molecular complexity index is 1410. The van der Waals surface area contributed by atoms with E-state index in [1.165, 1.54) is 28.8 Å². The van der Waals surface area contributed by atoms with Gasteiger partial charge >= 0.3 is 0 Å². The van der Waals surface area contributed by atoms with E-state index in [1.54, 1.807) is 12.1 Å². The highest BCUT2D eigenvalue weighted by molar-refractivity contribution is 5.96. The van der Waals surface area contributed by atoms with E-state index in [0.717, 1.165) is 53.8 Å². The number of rotatable bonds is 2. The van der Waals surface area contributed by atoms with Crippen LogP contribution in [0.25, 0.3) is 33.3 Å². The van der Waals surface area contributed by atoms with Gasteiger partial charge in [0.25, 0.3) is 0 Å². The number of benzene rings is 3. The first-order chi connectivity index (χ1) is 16.0. The highest BCUT2D eigenvalue weighted by Gasteiger charge is 2.23. The van der Waals surface area contributed by atoms with Crippen LogP contribution in [0.15, 0.2) is 36.4 Å². The monoisotopic (exact) mass is 444 g/mol. The number of hydrogen-bond donors (Lipinski definition) is 2. The molecule has 0 unspecified atom stereocenters. The Morgan fingerprint density at radius 2 is 1.85 bits per heavy atom. The van der Waals surface area contributed by atoms with Crippen LogP contribution in [0.4, 0.5) is 8.78 Å². The van der Waals surface area contributed by atoms with Crippen molar-refractivity contribution in [2.75, 3.05) is 20.1 Å². The third kappa shape index (κ3) is 3.36. The maximum absolute atomic E-state index is 15.3. The molecule has 6 rings (SSSR count). The van der Waals surface area contributed by atoms with Crippen molar-refractivity contribution < 1.29 is 8.78 Å². The van der Waals surface area contributed by atoms with Crippen LogP contribution in [0, 0.1) is 18.6 Å². The van der Waals surface area contributed by atoms with Crippen molar-refractivity contribution in [3.05, 3.63) is 75.8 Å². The molecule has 6 heteroatoms. The van der Waals surface area contributed by atoms with E-state index in [-0.39, 0.29) is 5.82 Å². The number of aromatic nitrogens is 2. The molecule has 0 saturated carbocycles. The molecule has 4 aromatic rings. The van der Waals surface area contributed by atoms with E-state index < -0.39 is 5.82 Å². The molecule has 2 N–H and O–H groups in total. The van der Waals surface area contributed by atoms with Crippen molar-refractivity contribution in [2.24, 2.45) is 0 Å². The van der Waals surface area contributed by atoms with E-state index >= 15 is 8.78 Å². The SMILES string of the molecule is Cc1cc(-c2n[nH]c3cc(F)c(-c4c(F)ccc5c4CCNC5)cc23)cc2c1CCN(C)C2. The predicted octanol–water partition coefficient (Wildman–Crippen LogP) is 5.12. The Morgan fingerprint density at radius 1 is 0.970 bits per heavy atom. The van der Waals surface area contributed by atoms with Crippen LogP contribution < -0.4 is 5.32 Å². The van der Waals surface area contributed by atoms with Crippen molar-refractivity contribution in [3.8, 4) is 22.4 Å². The van der Waals surface area contributed by atoms with Gasteiger partial charge in [0.05, 0.1) is 11.2 Å². The van der Waals surface area contributed by atoms with Crippen LogP contribution in [0.2, 0.25) is 0 Å². The number of H-pyrrole nitrogens is 1. The second-order valence-corrected chi connectivity index (χ2v) is 9.36. The van der Waals surface area contributed by atoms with Gasteiger partial charge in [-0.15, -0.1) is 0 Å². The zero-order chi connectivity index (χ0) is 22.7. The maximum atomic E-state index is 15.3. The van der Waals surface area contributed by atoms with Gasteiger partial charge in [0.1, 0.15) is 11.6 Å². The summed E-state index contributed by atoms with van der Waals surface area (Å²) < 4.78 is 30.3. The van der Waals surface area contributed by atoms with E-state index in [0.29, 0.717) is 29.6 Å². The fourth-order valence-corrected chi connectivity index (χ4v) is 5.49. The third-order valence-electron chi connectivity index (χ3n) is 7.17. The summed E-state index contributed by atoms with van der Waals surface area (Å²) in [6.07, 6.45) is 1.72. The first kappa shape index (κ1) is 20.5. The Morgan fingerprint density at radius 3 is 2.73 bits per heavy atom. The molecular weight excluding hydrogens is 418 g/mol. The highest BCUT2D eigenvalue weighted by atomic mass is 19.1. The van der Waals surface area contributed by atoms with Crippen molar-refractivity contribution >= 4 is 10.9 Å². The standard InChI is InChI=1S/C27H26F2N4/c1-15-9-17(10-18-14-33(2)8-6-19(15)18)27-22-11-21(24(29)12-25(22)31-32-27)26-20-5-7-30-13-16(20)3-4-23(26)28/h3-4,9-12,30H,5-8,13-14H2,1-2H3,(H,31,32). The molecule has 0 aliphatic carbocycles. The first-order valence-electron chi connectivity index (χ1n) is 11.5. The van der Waals surface area contributed by atoms with Gasteiger partial charge in [-0.05, 0) is 85.4 Å². The minimum absolute atomic E-state index is 0.302. The Balaban J connectivity index is 1.54. The largest absolute Gasteiger partial charge is 0.312 e. The molecule has 168 valence electrons. The lowest BCUT2D eigenvalue weighted by Gasteiger charge is -2.27. The molecule has 2 aliphatic rings. The van der Waals surface area contributed by atoms with Crippen LogP contribution in [-0.2, 0) is 25.9 Å². The molecule has 0 atom stereocenters. The smallest absolute Gasteiger partial charge is 0.133 e. The quantitative estimate of drug-likeness (QED) is 0.451. The minimum Gasteiger partial charge on any atom is -0.312 e. The fraction of sp³-hybridized carbons (Fsp3) is 0.296. The van der Waals surface area contributed by atoms with Gasteiger partial charge in [-0.2, -0.15) is 5.10 Å². The highest BCUT2D eigenvalue weighted by Crippen LogP contribution is 2.38. The van der Waals surface area contributed by atoms with Gasteiger partial charge in [0, 0.05) is 47.8 Å². The van der Waals surface area contributed by atoms with Crippen molar-refractivity contribution in [1.82, 2.24) is 20.4 Å². The van der Waals surface area contributed by atoms with Gasteiger partial charge in [-0.3, -0.25) is 5.10 Å². The number of nitrogens with one attached hydrogen (secondary N) is 2. The number of aromatic amines is 1. The summed E-state index contributed by atoms with van der Waals surface area (Å²) in [5.41, 5.74) is 8.98. The van der Waals surface area contributed by atoms with E-state index in [4.69, 9.17) is 0 Å². The topological polar surface area (TPSA) is 44.0 Å². The summed E-state index contributed by atoms with van der Waals surface area (Å²) in [5, 5.41) is 11.7. The fourth-order valence-electron chi connectivity index (χ4n) is 5.49. The van der Waals surface area contributed by atoms with Crippen LogP contribution >= 0.6 is 0 Å². The van der Waals surface area contributed by atoms with Crippen LogP contribution in [0.3, 0.4) is 0 Å². The van der Waals surface area contributed by atoms with Crippen molar-refractivity contribution in [2.45, 2.75) is 32.9 Å². The molecule has 1 aromatic heterocycles. The maximum Gasteiger partial charge on any atom is 0.133 e. The van der Waals surface area contributed by atoms with Gasteiger partial charge < -0.3 is 10.2 Å². The summed E-state index contributed by atoms with van der Waals surface area (Å²) >= 11 is 0. The molecule has 2 aliphatic heterocycles. The van der Waals surface area contributed by atoms with E-state index in [9.17, 15) is 0 Å². The lowest BCUT2D eigenvalue weighted by Crippen LogP contribution is -2.27.